The standard InChI is InChI=1S/C27H38N8O5/c1-27(2)39-19-20(40-27)24(38-21(19)25(36)37)35-15-31-18-22(28-11-9-16-7-5-4-6-8-16)32-26(33-23(18)35)29-12-10-17-13-34(3)14-30-17/h13-16,19-21,24H,4-12H2,1-3H3,(H,36,37)(H2,28,29,32,33)/t19-,20+,21-,24+/m0/s1. The van der Waals surface area contributed by atoms with Crippen molar-refractivity contribution in [3.63, 3.8) is 0 Å². The van der Waals surface area contributed by atoms with Crippen LogP contribution in [0.3, 0.4) is 0 Å². The van der Waals surface area contributed by atoms with E-state index in [-0.39, 0.29) is 0 Å². The van der Waals surface area contributed by atoms with E-state index in [1.807, 2.05) is 17.8 Å². The van der Waals surface area contributed by atoms with Crippen LogP contribution in [0.2, 0.25) is 0 Å². The van der Waals surface area contributed by atoms with Crippen LogP contribution in [0, 0.1) is 5.92 Å². The van der Waals surface area contributed by atoms with Crippen molar-refractivity contribution in [1.29, 1.82) is 0 Å². The number of imidazole rings is 2. The van der Waals surface area contributed by atoms with E-state index in [1.54, 1.807) is 31.1 Å². The molecule has 5 heterocycles. The van der Waals surface area contributed by atoms with Crippen molar-refractivity contribution in [2.75, 3.05) is 23.7 Å². The van der Waals surface area contributed by atoms with Gasteiger partial charge in [0.2, 0.25) is 5.95 Å². The number of hydrogen-bond donors (Lipinski definition) is 3. The molecule has 3 aromatic rings. The fraction of sp³-hybridized carbons (Fsp3) is 0.667. The number of nitrogens with one attached hydrogen (secondary N) is 2. The van der Waals surface area contributed by atoms with E-state index >= 15 is 0 Å². The van der Waals surface area contributed by atoms with Crippen LogP contribution < -0.4 is 10.6 Å². The highest BCUT2D eigenvalue weighted by molar-refractivity contribution is 5.84. The number of aromatic nitrogens is 6. The number of carboxylic acids is 1. The maximum absolute atomic E-state index is 12.0. The van der Waals surface area contributed by atoms with E-state index in [9.17, 15) is 9.90 Å². The number of anilines is 2. The quantitative estimate of drug-likeness (QED) is 0.339. The normalized spacial score (nSPS) is 26.3. The Morgan fingerprint density at radius 1 is 1.07 bits per heavy atom. The van der Waals surface area contributed by atoms with Crippen molar-refractivity contribution in [1.82, 2.24) is 29.1 Å². The van der Waals surface area contributed by atoms with Gasteiger partial charge < -0.3 is 34.5 Å². The molecule has 0 radical (unpaired) electrons. The maximum atomic E-state index is 12.0. The van der Waals surface area contributed by atoms with Crippen LogP contribution in [-0.4, -0.2) is 77.3 Å². The van der Waals surface area contributed by atoms with Gasteiger partial charge >= 0.3 is 5.97 Å². The summed E-state index contributed by atoms with van der Waals surface area (Å²) in [6, 6.07) is 0. The van der Waals surface area contributed by atoms with Crippen LogP contribution in [0.5, 0.6) is 0 Å². The van der Waals surface area contributed by atoms with Gasteiger partial charge in [-0.2, -0.15) is 9.97 Å². The molecule has 1 aliphatic carbocycles. The Balaban J connectivity index is 1.27. The lowest BCUT2D eigenvalue weighted by Crippen LogP contribution is -2.35. The summed E-state index contributed by atoms with van der Waals surface area (Å²) < 4.78 is 21.6. The molecule has 0 spiro atoms. The first-order valence-corrected chi connectivity index (χ1v) is 14.2. The summed E-state index contributed by atoms with van der Waals surface area (Å²) in [5, 5.41) is 16.6. The molecular formula is C27H38N8O5. The molecule has 216 valence electrons. The molecule has 0 bridgehead atoms. The van der Waals surface area contributed by atoms with Gasteiger partial charge in [0.15, 0.2) is 35.1 Å². The van der Waals surface area contributed by atoms with E-state index in [1.165, 1.54) is 32.1 Å². The van der Waals surface area contributed by atoms with Crippen molar-refractivity contribution < 1.29 is 24.1 Å². The first-order valence-electron chi connectivity index (χ1n) is 14.2. The zero-order chi connectivity index (χ0) is 27.9. The minimum absolute atomic E-state index is 0.443. The Labute approximate surface area is 232 Å². The first-order chi connectivity index (χ1) is 19.3. The number of aliphatic carboxylic acids is 1. The number of hydrogen-bond acceptors (Lipinski definition) is 10. The molecule has 13 nitrogen and oxygen atoms in total. The molecule has 3 aliphatic rings. The molecule has 13 heteroatoms. The SMILES string of the molecule is Cn1cnc(CCNc2nc(NCCC3CCCCC3)c3ncn([C@@H]4O[C@H](C(=O)O)[C@H]5OC(C)(C)O[C@H]54)c3n2)c1. The molecule has 3 aromatic heterocycles. The average Bonchev–Trinajstić information content (AvgIpc) is 3.67. The lowest BCUT2D eigenvalue weighted by Gasteiger charge is -2.23. The summed E-state index contributed by atoms with van der Waals surface area (Å²) >= 11 is 0. The van der Waals surface area contributed by atoms with E-state index in [0.717, 1.165) is 24.6 Å². The molecule has 3 N–H and O–H groups in total. The molecule has 6 rings (SSSR count). The van der Waals surface area contributed by atoms with Crippen molar-refractivity contribution in [2.45, 2.75) is 89.1 Å². The lowest BCUT2D eigenvalue weighted by molar-refractivity contribution is -0.202. The number of fused-ring (bicyclic) bond motifs is 2. The minimum atomic E-state index is -1.17. The molecule has 40 heavy (non-hydrogen) atoms. The number of ether oxygens (including phenoxy) is 3. The van der Waals surface area contributed by atoms with Crippen LogP contribution in [-0.2, 0) is 32.5 Å². The Kier molecular flexibility index (Phi) is 7.36. The number of carbonyl (C=O) groups is 1. The van der Waals surface area contributed by atoms with E-state index in [4.69, 9.17) is 24.2 Å². The van der Waals surface area contributed by atoms with Gasteiger partial charge in [-0.25, -0.2) is 14.8 Å². The zero-order valence-electron chi connectivity index (χ0n) is 23.2. The Morgan fingerprint density at radius 2 is 1.88 bits per heavy atom. The second kappa shape index (κ2) is 10.9. The largest absolute Gasteiger partial charge is 0.479 e. The third kappa shape index (κ3) is 5.50. The van der Waals surface area contributed by atoms with Crippen LogP contribution in [0.1, 0.15) is 64.3 Å². The summed E-state index contributed by atoms with van der Waals surface area (Å²) in [5.74, 6) is -0.223. The zero-order valence-corrected chi connectivity index (χ0v) is 23.2. The van der Waals surface area contributed by atoms with Crippen molar-refractivity contribution in [3.05, 3.63) is 24.5 Å². The Morgan fingerprint density at radius 3 is 2.62 bits per heavy atom. The van der Waals surface area contributed by atoms with Crippen molar-refractivity contribution >= 4 is 28.9 Å². The summed E-state index contributed by atoms with van der Waals surface area (Å²) in [5.41, 5.74) is 2.09. The highest BCUT2D eigenvalue weighted by atomic mass is 16.8. The monoisotopic (exact) mass is 554 g/mol. The third-order valence-corrected chi connectivity index (χ3v) is 7.96. The lowest BCUT2D eigenvalue weighted by atomic mass is 9.87. The molecule has 1 saturated carbocycles. The summed E-state index contributed by atoms with van der Waals surface area (Å²) in [7, 11) is 1.94. The number of rotatable bonds is 10. The smallest absolute Gasteiger partial charge is 0.335 e. The van der Waals surface area contributed by atoms with E-state index in [0.29, 0.717) is 35.9 Å². The van der Waals surface area contributed by atoms with Gasteiger partial charge in [0.05, 0.1) is 18.3 Å². The molecule has 0 amide bonds. The summed E-state index contributed by atoms with van der Waals surface area (Å²) in [6.45, 7) is 4.92. The second-order valence-electron chi connectivity index (χ2n) is 11.5. The van der Waals surface area contributed by atoms with Gasteiger partial charge in [0.25, 0.3) is 0 Å². The topological polar surface area (TPSA) is 150 Å². The average molecular weight is 555 g/mol. The third-order valence-electron chi connectivity index (χ3n) is 7.96. The highest BCUT2D eigenvalue weighted by Crippen LogP contribution is 2.44. The van der Waals surface area contributed by atoms with Gasteiger partial charge in [-0.05, 0) is 26.2 Å². The van der Waals surface area contributed by atoms with Gasteiger partial charge in [0, 0.05) is 32.8 Å². The summed E-state index contributed by atoms with van der Waals surface area (Å²) in [6.07, 6.45) is 10.3. The van der Waals surface area contributed by atoms with Crippen molar-refractivity contribution in [2.24, 2.45) is 13.0 Å². The number of carboxylic acid groups (broad SMARTS) is 1. The Hall–Kier alpha value is -3.29. The van der Waals surface area contributed by atoms with Crippen LogP contribution in [0.15, 0.2) is 18.9 Å². The number of nitrogens with zero attached hydrogens (tertiary/aromatic N) is 6. The molecule has 0 aromatic carbocycles. The minimum Gasteiger partial charge on any atom is -0.479 e. The fourth-order valence-corrected chi connectivity index (χ4v) is 6.07. The molecule has 2 aliphatic heterocycles. The van der Waals surface area contributed by atoms with E-state index < -0.39 is 36.3 Å². The fourth-order valence-electron chi connectivity index (χ4n) is 6.07. The number of aryl methyl sites for hydroxylation is 1. The molecule has 0 unspecified atom stereocenters. The maximum Gasteiger partial charge on any atom is 0.335 e. The summed E-state index contributed by atoms with van der Waals surface area (Å²) in [4.78, 5) is 30.6. The second-order valence-corrected chi connectivity index (χ2v) is 11.5. The van der Waals surface area contributed by atoms with Crippen LogP contribution in [0.4, 0.5) is 11.8 Å². The van der Waals surface area contributed by atoms with Crippen LogP contribution in [0.25, 0.3) is 11.2 Å². The molecule has 3 fully saturated rings. The molecular weight excluding hydrogens is 516 g/mol. The van der Waals surface area contributed by atoms with E-state index in [2.05, 4.69) is 20.6 Å². The predicted octanol–water partition coefficient (Wildman–Crippen LogP) is 3.10. The molecule has 2 saturated heterocycles. The Bertz CT molecular complexity index is 1350. The molecule has 4 atom stereocenters. The van der Waals surface area contributed by atoms with Gasteiger partial charge in [0.1, 0.15) is 12.2 Å². The van der Waals surface area contributed by atoms with Crippen molar-refractivity contribution in [3.8, 4) is 0 Å². The van der Waals surface area contributed by atoms with Gasteiger partial charge in [-0.1, -0.05) is 32.1 Å². The first kappa shape index (κ1) is 26.9. The predicted molar refractivity (Wildman–Crippen MR) is 146 cm³/mol. The van der Waals surface area contributed by atoms with Gasteiger partial charge in [-0.3, -0.25) is 4.57 Å². The van der Waals surface area contributed by atoms with Gasteiger partial charge in [-0.15, -0.1) is 0 Å². The van der Waals surface area contributed by atoms with Crippen LogP contribution >= 0.6 is 0 Å². The highest BCUT2D eigenvalue weighted by Gasteiger charge is 2.58.